The summed E-state index contributed by atoms with van der Waals surface area (Å²) in [5.74, 6) is -0.893. The molecule has 2 heterocycles. The van der Waals surface area contributed by atoms with Crippen LogP contribution in [-0.4, -0.2) is 22.8 Å². The maximum absolute atomic E-state index is 12.3. The monoisotopic (exact) mass is 377 g/mol. The third-order valence-electron chi connectivity index (χ3n) is 3.26. The Balaban J connectivity index is 1.68. The molecular formula is C17H12ClNO3S2. The van der Waals surface area contributed by atoms with Crippen molar-refractivity contribution in [2.75, 3.05) is 0 Å². The number of hydrogen-bond acceptors (Lipinski definition) is 6. The Morgan fingerprint density at radius 3 is 2.58 bits per heavy atom. The van der Waals surface area contributed by atoms with Crippen LogP contribution in [0.5, 0.6) is 0 Å². The number of rotatable bonds is 5. The lowest BCUT2D eigenvalue weighted by atomic mass is 10.1. The molecule has 24 heavy (non-hydrogen) atoms. The summed E-state index contributed by atoms with van der Waals surface area (Å²) in [4.78, 5) is 28.7. The van der Waals surface area contributed by atoms with Crippen molar-refractivity contribution in [2.24, 2.45) is 0 Å². The SMILES string of the molecule is CC(OC(=O)c1csc(-c2ccsc2)n1)C(=O)c1ccc(Cl)cc1. The van der Waals surface area contributed by atoms with Crippen molar-refractivity contribution in [1.82, 2.24) is 4.98 Å². The first kappa shape index (κ1) is 16.8. The number of ketones is 1. The molecular weight excluding hydrogens is 366 g/mol. The van der Waals surface area contributed by atoms with Crippen LogP contribution in [0.15, 0.2) is 46.5 Å². The molecule has 0 spiro atoms. The van der Waals surface area contributed by atoms with Gasteiger partial charge in [0.1, 0.15) is 5.01 Å². The number of nitrogens with zero attached hydrogens (tertiary/aromatic N) is 1. The predicted molar refractivity (Wildman–Crippen MR) is 96.1 cm³/mol. The smallest absolute Gasteiger partial charge is 0.358 e. The first-order valence-electron chi connectivity index (χ1n) is 7.03. The molecule has 1 unspecified atom stereocenters. The number of hydrogen-bond donors (Lipinski definition) is 0. The number of carbonyl (C=O) groups is 2. The van der Waals surface area contributed by atoms with Crippen molar-refractivity contribution in [3.05, 3.63) is 62.8 Å². The molecule has 122 valence electrons. The Hall–Kier alpha value is -2.02. The second-order valence-corrected chi connectivity index (χ2v) is 7.04. The lowest BCUT2D eigenvalue weighted by molar-refractivity contribution is 0.0314. The van der Waals surface area contributed by atoms with Gasteiger partial charge in [-0.1, -0.05) is 11.6 Å². The number of benzene rings is 1. The number of aromatic nitrogens is 1. The van der Waals surface area contributed by atoms with Crippen molar-refractivity contribution in [3.8, 4) is 10.6 Å². The van der Waals surface area contributed by atoms with Crippen LogP contribution in [0, 0.1) is 0 Å². The summed E-state index contributed by atoms with van der Waals surface area (Å²) >= 11 is 8.73. The highest BCUT2D eigenvalue weighted by Gasteiger charge is 2.22. The van der Waals surface area contributed by atoms with E-state index in [0.717, 1.165) is 10.6 Å². The number of thiazole rings is 1. The summed E-state index contributed by atoms with van der Waals surface area (Å²) in [6.07, 6.45) is -0.898. The van der Waals surface area contributed by atoms with Gasteiger partial charge in [-0.05, 0) is 42.6 Å². The Bertz CT molecular complexity index is 856. The van der Waals surface area contributed by atoms with Gasteiger partial charge in [-0.2, -0.15) is 11.3 Å². The molecule has 0 bridgehead atoms. The quantitative estimate of drug-likeness (QED) is 0.466. The molecule has 0 aliphatic carbocycles. The molecule has 0 aliphatic heterocycles. The van der Waals surface area contributed by atoms with Gasteiger partial charge in [-0.3, -0.25) is 4.79 Å². The van der Waals surface area contributed by atoms with E-state index >= 15 is 0 Å². The van der Waals surface area contributed by atoms with Gasteiger partial charge in [-0.25, -0.2) is 9.78 Å². The van der Waals surface area contributed by atoms with Crippen molar-refractivity contribution < 1.29 is 14.3 Å². The van der Waals surface area contributed by atoms with E-state index in [4.69, 9.17) is 16.3 Å². The van der Waals surface area contributed by atoms with Gasteiger partial charge in [0, 0.05) is 26.9 Å². The molecule has 0 saturated heterocycles. The van der Waals surface area contributed by atoms with E-state index in [9.17, 15) is 9.59 Å². The van der Waals surface area contributed by atoms with Gasteiger partial charge in [0.25, 0.3) is 0 Å². The average molecular weight is 378 g/mol. The second kappa shape index (κ2) is 7.25. The highest BCUT2D eigenvalue weighted by Crippen LogP contribution is 2.26. The van der Waals surface area contributed by atoms with Crippen molar-refractivity contribution in [3.63, 3.8) is 0 Å². The first-order valence-corrected chi connectivity index (χ1v) is 9.23. The van der Waals surface area contributed by atoms with Crippen LogP contribution >= 0.6 is 34.3 Å². The van der Waals surface area contributed by atoms with Crippen LogP contribution in [0.1, 0.15) is 27.8 Å². The van der Waals surface area contributed by atoms with Crippen LogP contribution in [0.4, 0.5) is 0 Å². The van der Waals surface area contributed by atoms with Crippen LogP contribution in [0.3, 0.4) is 0 Å². The number of halogens is 1. The fraction of sp³-hybridized carbons (Fsp3) is 0.118. The van der Waals surface area contributed by atoms with Crippen molar-refractivity contribution in [2.45, 2.75) is 13.0 Å². The van der Waals surface area contributed by atoms with Gasteiger partial charge < -0.3 is 4.74 Å². The number of esters is 1. The normalized spacial score (nSPS) is 11.9. The fourth-order valence-electron chi connectivity index (χ4n) is 2.01. The molecule has 0 aliphatic rings. The standard InChI is InChI=1S/C17H12ClNO3S2/c1-10(15(20)11-2-4-13(18)5-3-11)22-17(21)14-9-24-16(19-14)12-6-7-23-8-12/h2-10H,1H3. The highest BCUT2D eigenvalue weighted by atomic mass is 35.5. The zero-order chi connectivity index (χ0) is 17.1. The molecule has 0 radical (unpaired) electrons. The lowest BCUT2D eigenvalue weighted by Gasteiger charge is -2.11. The Labute approximate surface area is 151 Å². The first-order chi connectivity index (χ1) is 11.5. The topological polar surface area (TPSA) is 56.3 Å². The third kappa shape index (κ3) is 3.72. The van der Waals surface area contributed by atoms with Crippen LogP contribution in [0.25, 0.3) is 10.6 Å². The van der Waals surface area contributed by atoms with E-state index in [-0.39, 0.29) is 11.5 Å². The van der Waals surface area contributed by atoms with E-state index in [1.807, 2.05) is 16.8 Å². The fourth-order valence-corrected chi connectivity index (χ4v) is 3.64. The summed E-state index contributed by atoms with van der Waals surface area (Å²) in [6, 6.07) is 8.39. The minimum absolute atomic E-state index is 0.206. The summed E-state index contributed by atoms with van der Waals surface area (Å²) in [6.45, 7) is 1.54. The molecule has 2 aromatic heterocycles. The summed E-state index contributed by atoms with van der Waals surface area (Å²) < 4.78 is 5.24. The molecule has 0 N–H and O–H groups in total. The zero-order valence-electron chi connectivity index (χ0n) is 12.6. The summed E-state index contributed by atoms with van der Waals surface area (Å²) in [5.41, 5.74) is 1.61. The van der Waals surface area contributed by atoms with Gasteiger partial charge in [0.2, 0.25) is 5.78 Å². The maximum Gasteiger partial charge on any atom is 0.358 e. The Morgan fingerprint density at radius 2 is 1.92 bits per heavy atom. The Kier molecular flexibility index (Phi) is 5.08. The molecule has 0 amide bonds. The highest BCUT2D eigenvalue weighted by molar-refractivity contribution is 7.14. The van der Waals surface area contributed by atoms with Crippen molar-refractivity contribution in [1.29, 1.82) is 0 Å². The largest absolute Gasteiger partial charge is 0.450 e. The predicted octanol–water partition coefficient (Wildman–Crippen LogP) is 4.95. The minimum atomic E-state index is -0.898. The molecule has 1 aromatic carbocycles. The van der Waals surface area contributed by atoms with E-state index < -0.39 is 12.1 Å². The number of Topliss-reactive ketones (excluding diaryl/α,β-unsaturated/α-hetero) is 1. The van der Waals surface area contributed by atoms with E-state index in [1.165, 1.54) is 11.3 Å². The zero-order valence-corrected chi connectivity index (χ0v) is 15.0. The minimum Gasteiger partial charge on any atom is -0.450 e. The van der Waals surface area contributed by atoms with Crippen LogP contribution < -0.4 is 0 Å². The van der Waals surface area contributed by atoms with Crippen molar-refractivity contribution >= 4 is 46.0 Å². The lowest BCUT2D eigenvalue weighted by Crippen LogP contribution is -2.24. The van der Waals surface area contributed by atoms with Gasteiger partial charge in [-0.15, -0.1) is 11.3 Å². The van der Waals surface area contributed by atoms with E-state index in [0.29, 0.717) is 10.6 Å². The average Bonchev–Trinajstić information content (AvgIpc) is 3.26. The van der Waals surface area contributed by atoms with E-state index in [2.05, 4.69) is 4.98 Å². The number of carbonyl (C=O) groups excluding carboxylic acids is 2. The van der Waals surface area contributed by atoms with E-state index in [1.54, 1.807) is 47.9 Å². The molecule has 3 aromatic rings. The molecule has 7 heteroatoms. The molecule has 1 atom stereocenters. The second-order valence-electron chi connectivity index (χ2n) is 4.97. The summed E-state index contributed by atoms with van der Waals surface area (Å²) in [5, 5.41) is 6.83. The Morgan fingerprint density at radius 1 is 1.17 bits per heavy atom. The number of ether oxygens (including phenoxy) is 1. The molecule has 0 saturated carbocycles. The maximum atomic E-state index is 12.3. The third-order valence-corrected chi connectivity index (χ3v) is 5.09. The van der Waals surface area contributed by atoms with Gasteiger partial charge in [0.05, 0.1) is 0 Å². The molecule has 0 fully saturated rings. The van der Waals surface area contributed by atoms with Crippen LogP contribution in [-0.2, 0) is 4.74 Å². The number of thiophene rings is 1. The van der Waals surface area contributed by atoms with Gasteiger partial charge >= 0.3 is 5.97 Å². The molecule has 3 rings (SSSR count). The van der Waals surface area contributed by atoms with Gasteiger partial charge in [0.15, 0.2) is 11.8 Å². The molecule has 4 nitrogen and oxygen atoms in total. The summed E-state index contributed by atoms with van der Waals surface area (Å²) in [7, 11) is 0. The van der Waals surface area contributed by atoms with Crippen LogP contribution in [0.2, 0.25) is 5.02 Å².